The van der Waals surface area contributed by atoms with Crippen LogP contribution in [-0.4, -0.2) is 90.4 Å². The molecule has 67 heavy (non-hydrogen) atoms. The summed E-state index contributed by atoms with van der Waals surface area (Å²) in [7, 11) is 3.51. The summed E-state index contributed by atoms with van der Waals surface area (Å²) >= 11 is 0. The third-order valence-electron chi connectivity index (χ3n) is 9.56. The van der Waals surface area contributed by atoms with Gasteiger partial charge in [-0.1, -0.05) is 12.1 Å². The van der Waals surface area contributed by atoms with Crippen LogP contribution < -0.4 is 46.5 Å². The molecule has 0 spiro atoms. The minimum absolute atomic E-state index is 0.0396. The number of nitrogens with zero attached hydrogens (tertiary/aromatic N) is 1. The molecule has 5 rings (SSSR count). The van der Waals surface area contributed by atoms with Gasteiger partial charge in [-0.15, -0.1) is 0 Å². The first-order valence-corrected chi connectivity index (χ1v) is 19.5. The van der Waals surface area contributed by atoms with Gasteiger partial charge in [-0.25, -0.2) is 9.59 Å². The topological polar surface area (TPSA) is 327 Å². The monoisotopic (exact) mass is 915 g/mol. The van der Waals surface area contributed by atoms with Gasteiger partial charge >= 0.3 is 12.1 Å². The molecule has 0 bridgehead atoms. The predicted octanol–water partition coefficient (Wildman–Crippen LogP) is 5.09. The number of carboxylic acids is 1. The van der Waals surface area contributed by atoms with E-state index in [-0.39, 0.29) is 51.0 Å². The number of methoxy groups -OCH3 is 3. The second-order valence-electron chi connectivity index (χ2n) is 14.0. The quantitative estimate of drug-likeness (QED) is 0.0549. The van der Waals surface area contributed by atoms with E-state index in [2.05, 4.69) is 26.6 Å². The van der Waals surface area contributed by atoms with Crippen molar-refractivity contribution >= 4 is 70.4 Å². The lowest BCUT2D eigenvalue weighted by atomic mass is 10.1. The fourth-order valence-electron chi connectivity index (χ4n) is 6.18. The van der Waals surface area contributed by atoms with Crippen molar-refractivity contribution in [3.63, 3.8) is 0 Å². The summed E-state index contributed by atoms with van der Waals surface area (Å²) in [5.41, 5.74) is 5.73. The average molecular weight is 916 g/mol. The zero-order chi connectivity index (χ0) is 48.9. The number of amides is 6. The Morgan fingerprint density at radius 1 is 0.657 bits per heavy atom. The number of nitrogens with two attached hydrogens (primary N) is 1. The highest BCUT2D eigenvalue weighted by atomic mass is 16.5. The minimum Gasteiger partial charge on any atom is -0.504 e. The molecule has 0 aromatic heterocycles. The van der Waals surface area contributed by atoms with E-state index in [1.54, 1.807) is 25.1 Å². The molecule has 2 atom stereocenters. The number of rotatable bonds is 17. The van der Waals surface area contributed by atoms with Gasteiger partial charge in [0, 0.05) is 35.2 Å². The Hall–Kier alpha value is -9.42. The van der Waals surface area contributed by atoms with E-state index in [1.165, 1.54) is 93.1 Å². The van der Waals surface area contributed by atoms with Crippen LogP contribution in [0.2, 0.25) is 0 Å². The van der Waals surface area contributed by atoms with E-state index >= 15 is 0 Å². The van der Waals surface area contributed by atoms with Crippen molar-refractivity contribution in [3.8, 4) is 34.8 Å². The summed E-state index contributed by atoms with van der Waals surface area (Å²) in [6.45, 7) is 1.59. The largest absolute Gasteiger partial charge is 0.504 e. The number of nitrogens with one attached hydrogen (secondary N) is 5. The Labute approximate surface area is 380 Å². The summed E-state index contributed by atoms with van der Waals surface area (Å²) in [5.74, 6) is -6.85. The fourth-order valence-corrected chi connectivity index (χ4v) is 6.18. The molecule has 5 aromatic carbocycles. The van der Waals surface area contributed by atoms with Crippen molar-refractivity contribution in [2.75, 3.05) is 42.6 Å². The number of ether oxygens (including phenoxy) is 4. The van der Waals surface area contributed by atoms with Crippen LogP contribution >= 0.6 is 0 Å². The summed E-state index contributed by atoms with van der Waals surface area (Å²) in [4.78, 5) is 88.4. The van der Waals surface area contributed by atoms with Gasteiger partial charge in [0.2, 0.25) is 0 Å². The highest BCUT2D eigenvalue weighted by molar-refractivity contribution is 6.11. The SMILES string of the molecule is COc1c(NC(=O)c2ccc(NC(=O)c3ccc(NC(=O)C(NC(=O)c4ccc(NC(=O)/C(C)=C/c5ccc(OC(N)=O)cc5)cc4)C(C#N)OC)cc3)c(OC)c2O)ccc(C(=O)O)c1O. The minimum atomic E-state index is -1.52. The van der Waals surface area contributed by atoms with Crippen LogP contribution in [0.5, 0.6) is 28.7 Å². The first-order valence-electron chi connectivity index (χ1n) is 19.5. The van der Waals surface area contributed by atoms with E-state index in [1.807, 2.05) is 6.07 Å². The van der Waals surface area contributed by atoms with Crippen LogP contribution in [-0.2, 0) is 14.3 Å². The van der Waals surface area contributed by atoms with Gasteiger partial charge in [-0.2, -0.15) is 5.26 Å². The first kappa shape index (κ1) is 48.6. The number of benzene rings is 5. The van der Waals surface area contributed by atoms with E-state index in [0.717, 1.165) is 13.2 Å². The number of carbonyl (C=O) groups excluding carboxylic acids is 6. The molecule has 10 N–H and O–H groups in total. The molecule has 6 amide bonds. The van der Waals surface area contributed by atoms with Gasteiger partial charge < -0.3 is 66.6 Å². The molecule has 2 unspecified atom stereocenters. The zero-order valence-electron chi connectivity index (χ0n) is 35.8. The zero-order valence-corrected chi connectivity index (χ0v) is 35.8. The van der Waals surface area contributed by atoms with Crippen LogP contribution in [0.1, 0.15) is 53.9 Å². The van der Waals surface area contributed by atoms with Crippen LogP contribution in [0, 0.1) is 11.3 Å². The Morgan fingerprint density at radius 3 is 1.67 bits per heavy atom. The summed E-state index contributed by atoms with van der Waals surface area (Å²) in [6.07, 6.45) is -0.785. The molecule has 0 saturated carbocycles. The Kier molecular flexibility index (Phi) is 15.8. The molecule has 5 aromatic rings. The summed E-state index contributed by atoms with van der Waals surface area (Å²) in [6, 6.07) is 22.4. The lowest BCUT2D eigenvalue weighted by Crippen LogP contribution is -2.51. The van der Waals surface area contributed by atoms with E-state index in [9.17, 15) is 54.1 Å². The highest BCUT2D eigenvalue weighted by Crippen LogP contribution is 2.40. The number of hydrogen-bond acceptors (Lipinski definition) is 14. The highest BCUT2D eigenvalue weighted by Gasteiger charge is 2.31. The van der Waals surface area contributed by atoms with Crippen molar-refractivity contribution in [2.45, 2.75) is 19.1 Å². The molecule has 0 fully saturated rings. The second kappa shape index (κ2) is 21.8. The molecule has 0 aliphatic heterocycles. The number of hydrogen-bond donors (Lipinski definition) is 9. The molecule has 0 radical (unpaired) electrons. The molecule has 21 heteroatoms. The molecule has 0 aliphatic carbocycles. The number of phenolic OH excluding ortho intramolecular Hbond substituents is 1. The van der Waals surface area contributed by atoms with Crippen LogP contribution in [0.15, 0.2) is 103 Å². The lowest BCUT2D eigenvalue weighted by Gasteiger charge is -2.22. The van der Waals surface area contributed by atoms with Crippen molar-refractivity contribution in [1.29, 1.82) is 5.26 Å². The molecule has 344 valence electrons. The van der Waals surface area contributed by atoms with Crippen LogP contribution in [0.4, 0.5) is 27.5 Å². The summed E-state index contributed by atoms with van der Waals surface area (Å²) in [5, 5.41) is 53.0. The Morgan fingerprint density at radius 2 is 1.16 bits per heavy atom. The van der Waals surface area contributed by atoms with Gasteiger partial charge in [0.25, 0.3) is 29.5 Å². The smallest absolute Gasteiger partial charge is 0.409 e. The van der Waals surface area contributed by atoms with Gasteiger partial charge in [-0.3, -0.25) is 24.0 Å². The third kappa shape index (κ3) is 12.0. The first-order chi connectivity index (χ1) is 32.0. The normalized spacial score (nSPS) is 11.7. The molecule has 0 heterocycles. The number of carboxylic acid groups (broad SMARTS) is 1. The number of carbonyl (C=O) groups is 7. The van der Waals surface area contributed by atoms with Crippen molar-refractivity contribution in [2.24, 2.45) is 5.73 Å². The van der Waals surface area contributed by atoms with Crippen molar-refractivity contribution in [1.82, 2.24) is 5.32 Å². The molecular formula is C46H41N7O14. The van der Waals surface area contributed by atoms with Gasteiger partial charge in [0.05, 0.1) is 37.2 Å². The Balaban J connectivity index is 1.21. The van der Waals surface area contributed by atoms with Crippen molar-refractivity contribution < 1.29 is 67.8 Å². The van der Waals surface area contributed by atoms with Gasteiger partial charge in [0.15, 0.2) is 29.1 Å². The van der Waals surface area contributed by atoms with Crippen LogP contribution in [0.25, 0.3) is 6.08 Å². The van der Waals surface area contributed by atoms with Crippen LogP contribution in [0.3, 0.4) is 0 Å². The number of primary amides is 1. The number of aromatic hydroxyl groups is 2. The van der Waals surface area contributed by atoms with Gasteiger partial charge in [0.1, 0.15) is 17.4 Å². The molecule has 0 saturated heterocycles. The Bertz CT molecular complexity index is 2800. The van der Waals surface area contributed by atoms with E-state index < -0.39 is 70.8 Å². The molecular weight excluding hydrogens is 875 g/mol. The molecule has 0 aliphatic rings. The standard InChI is InChI=1S/C46H41N7O14/c1-23(21-24-5-15-29(16-6-24)67-46(48)63)40(56)49-27-11-9-26(10-12-27)42(58)53-35(34(22-47)64-2)44(60)50-28-13-7-25(8-14-28)41(57)51-32-19-17-30(36(54)38(32)65-3)43(59)52-33-20-18-31(45(61)62)37(55)39(33)66-4/h5-21,34-35,54-55H,1-4H3,(H2,48,63)(H,49,56)(H,50,60)(H,51,57)(H,52,59)(H,53,58)(H,61,62)/b23-21+. The fraction of sp³-hybridized carbons (Fsp3) is 0.130. The maximum atomic E-state index is 13.5. The van der Waals surface area contributed by atoms with Crippen molar-refractivity contribution in [3.05, 3.63) is 130 Å². The van der Waals surface area contributed by atoms with E-state index in [4.69, 9.17) is 24.7 Å². The third-order valence-corrected chi connectivity index (χ3v) is 9.56. The number of aromatic carboxylic acids is 1. The number of nitriles is 1. The second-order valence-corrected chi connectivity index (χ2v) is 14.0. The average Bonchev–Trinajstić information content (AvgIpc) is 3.30. The number of anilines is 4. The van der Waals surface area contributed by atoms with E-state index in [0.29, 0.717) is 16.8 Å². The predicted molar refractivity (Wildman–Crippen MR) is 240 cm³/mol. The lowest BCUT2D eigenvalue weighted by molar-refractivity contribution is -0.120. The van der Waals surface area contributed by atoms with Gasteiger partial charge in [-0.05, 0) is 103 Å². The molecule has 21 nitrogen and oxygen atoms in total. The summed E-state index contributed by atoms with van der Waals surface area (Å²) < 4.78 is 20.3. The maximum Gasteiger partial charge on any atom is 0.409 e. The number of phenols is 2. The maximum absolute atomic E-state index is 13.5.